The van der Waals surface area contributed by atoms with Gasteiger partial charge in [-0.3, -0.25) is 9.59 Å². The van der Waals surface area contributed by atoms with Crippen molar-refractivity contribution in [2.24, 2.45) is 0 Å². The molecule has 25 heavy (non-hydrogen) atoms. The quantitative estimate of drug-likeness (QED) is 0.651. The van der Waals surface area contributed by atoms with Gasteiger partial charge in [0.2, 0.25) is 11.8 Å². The van der Waals surface area contributed by atoms with Gasteiger partial charge in [0, 0.05) is 26.1 Å². The highest BCUT2D eigenvalue weighted by molar-refractivity contribution is 5.84. The van der Waals surface area contributed by atoms with Gasteiger partial charge in [0.25, 0.3) is 0 Å². The summed E-state index contributed by atoms with van der Waals surface area (Å²) >= 11 is 0. The summed E-state index contributed by atoms with van der Waals surface area (Å²) in [4.78, 5) is 28.6. The van der Waals surface area contributed by atoms with Crippen LogP contribution in [0.4, 0.5) is 0 Å². The third-order valence-corrected chi connectivity index (χ3v) is 4.36. The van der Waals surface area contributed by atoms with Crippen molar-refractivity contribution in [3.8, 4) is 0 Å². The molecule has 1 aliphatic rings. The van der Waals surface area contributed by atoms with Crippen molar-refractivity contribution in [1.82, 2.24) is 9.80 Å². The molecule has 0 spiro atoms. The fraction of sp³-hybridized carbons (Fsp3) is 0.684. The molecule has 0 N–H and O–H groups in total. The van der Waals surface area contributed by atoms with Crippen LogP contribution in [0.1, 0.15) is 51.7 Å². The largest absolute Gasteiger partial charge is 0.467 e. The number of hydrogen-bond acceptors (Lipinski definition) is 4. The van der Waals surface area contributed by atoms with E-state index in [1.165, 1.54) is 0 Å². The number of carbonyl (C=O) groups excluding carboxylic acids is 2. The van der Waals surface area contributed by atoms with Gasteiger partial charge in [-0.25, -0.2) is 0 Å². The van der Waals surface area contributed by atoms with Crippen LogP contribution in [-0.4, -0.2) is 54.0 Å². The number of rotatable bonds is 10. The minimum absolute atomic E-state index is 0.0489. The van der Waals surface area contributed by atoms with E-state index >= 15 is 0 Å². The summed E-state index contributed by atoms with van der Waals surface area (Å²) in [6, 6.07) is 3.68. The van der Waals surface area contributed by atoms with Crippen LogP contribution in [0.5, 0.6) is 0 Å². The van der Waals surface area contributed by atoms with Crippen molar-refractivity contribution in [2.45, 2.75) is 58.6 Å². The second-order valence-corrected chi connectivity index (χ2v) is 6.55. The van der Waals surface area contributed by atoms with E-state index in [1.54, 1.807) is 16.1 Å². The molecule has 0 aliphatic carbocycles. The maximum atomic E-state index is 12.9. The van der Waals surface area contributed by atoms with E-state index in [4.69, 9.17) is 9.15 Å². The minimum Gasteiger partial charge on any atom is -0.467 e. The fourth-order valence-corrected chi connectivity index (χ4v) is 3.08. The Kier molecular flexibility index (Phi) is 7.98. The van der Waals surface area contributed by atoms with Gasteiger partial charge in [0.1, 0.15) is 5.76 Å². The second-order valence-electron chi connectivity index (χ2n) is 6.55. The Morgan fingerprint density at radius 3 is 2.64 bits per heavy atom. The lowest BCUT2D eigenvalue weighted by Gasteiger charge is -2.28. The van der Waals surface area contributed by atoms with Crippen LogP contribution >= 0.6 is 0 Å². The summed E-state index contributed by atoms with van der Waals surface area (Å²) in [6.07, 6.45) is 5.80. The Morgan fingerprint density at radius 1 is 1.20 bits per heavy atom. The summed E-state index contributed by atoms with van der Waals surface area (Å²) < 4.78 is 11.1. The normalized spacial score (nSPS) is 16.8. The molecular formula is C19H30N2O4. The van der Waals surface area contributed by atoms with Gasteiger partial charge in [-0.1, -0.05) is 13.8 Å². The predicted molar refractivity (Wildman–Crippen MR) is 94.9 cm³/mol. The number of amides is 2. The van der Waals surface area contributed by atoms with E-state index in [1.807, 2.05) is 26.0 Å². The molecule has 1 aromatic rings. The standard InChI is InChI=1S/C19H30N2O4/c1-3-7-18(22)20(10-4-2)15-19(23)21(13-16-8-5-11-24-16)14-17-9-6-12-25-17/h5,8,11,17H,3-4,6-7,9-10,12-15H2,1-2H3/t17-/m0/s1. The van der Waals surface area contributed by atoms with Gasteiger partial charge >= 0.3 is 0 Å². The molecule has 6 heteroatoms. The average Bonchev–Trinajstić information content (AvgIpc) is 3.28. The molecule has 0 saturated carbocycles. The minimum atomic E-state index is -0.0511. The Bertz CT molecular complexity index is 524. The molecule has 2 rings (SSSR count). The molecule has 1 atom stereocenters. The molecule has 0 bridgehead atoms. The van der Waals surface area contributed by atoms with Crippen LogP contribution in [0.3, 0.4) is 0 Å². The van der Waals surface area contributed by atoms with Crippen molar-refractivity contribution in [3.63, 3.8) is 0 Å². The first kappa shape index (κ1) is 19.5. The second kappa shape index (κ2) is 10.2. The molecule has 6 nitrogen and oxygen atoms in total. The Balaban J connectivity index is 2.02. The van der Waals surface area contributed by atoms with Gasteiger partial charge < -0.3 is 19.0 Å². The summed E-state index contributed by atoms with van der Waals surface area (Å²) in [7, 11) is 0. The molecule has 0 radical (unpaired) electrons. The zero-order chi connectivity index (χ0) is 18.1. The third-order valence-electron chi connectivity index (χ3n) is 4.36. The van der Waals surface area contributed by atoms with E-state index in [9.17, 15) is 9.59 Å². The molecule has 0 unspecified atom stereocenters. The van der Waals surface area contributed by atoms with E-state index < -0.39 is 0 Å². The van der Waals surface area contributed by atoms with Gasteiger partial charge in [-0.05, 0) is 37.8 Å². The molecule has 1 aromatic heterocycles. The van der Waals surface area contributed by atoms with Crippen LogP contribution in [0.25, 0.3) is 0 Å². The topological polar surface area (TPSA) is 63.0 Å². The number of carbonyl (C=O) groups is 2. The predicted octanol–water partition coefficient (Wildman–Crippen LogP) is 2.83. The van der Waals surface area contributed by atoms with E-state index in [0.29, 0.717) is 26.1 Å². The molecule has 0 aromatic carbocycles. The third kappa shape index (κ3) is 6.20. The lowest BCUT2D eigenvalue weighted by Crippen LogP contribution is -2.45. The molecular weight excluding hydrogens is 320 g/mol. The molecule has 1 aliphatic heterocycles. The maximum Gasteiger partial charge on any atom is 0.242 e. The Morgan fingerprint density at radius 2 is 2.04 bits per heavy atom. The summed E-state index contributed by atoms with van der Waals surface area (Å²) in [5.74, 6) is 0.742. The Labute approximate surface area is 150 Å². The van der Waals surface area contributed by atoms with Crippen LogP contribution in [0, 0.1) is 0 Å². The molecule has 1 fully saturated rings. The summed E-state index contributed by atoms with van der Waals surface area (Å²) in [5.41, 5.74) is 0. The van der Waals surface area contributed by atoms with Gasteiger partial charge in [-0.2, -0.15) is 0 Å². The first-order valence-corrected chi connectivity index (χ1v) is 9.33. The molecule has 2 heterocycles. The fourth-order valence-electron chi connectivity index (χ4n) is 3.08. The maximum absolute atomic E-state index is 12.9. The summed E-state index contributed by atoms with van der Waals surface area (Å²) in [5, 5.41) is 0. The first-order valence-electron chi connectivity index (χ1n) is 9.33. The van der Waals surface area contributed by atoms with Crippen molar-refractivity contribution in [2.75, 3.05) is 26.2 Å². The number of hydrogen-bond donors (Lipinski definition) is 0. The van der Waals surface area contributed by atoms with Crippen LogP contribution in [0.2, 0.25) is 0 Å². The average molecular weight is 350 g/mol. The van der Waals surface area contributed by atoms with Crippen molar-refractivity contribution in [3.05, 3.63) is 24.2 Å². The monoisotopic (exact) mass is 350 g/mol. The smallest absolute Gasteiger partial charge is 0.242 e. The van der Waals surface area contributed by atoms with Crippen molar-refractivity contribution < 1.29 is 18.7 Å². The highest BCUT2D eigenvalue weighted by Gasteiger charge is 2.25. The van der Waals surface area contributed by atoms with Crippen LogP contribution < -0.4 is 0 Å². The molecule has 140 valence electrons. The first-order chi connectivity index (χ1) is 12.1. The summed E-state index contributed by atoms with van der Waals surface area (Å²) in [6.45, 7) is 6.44. The van der Waals surface area contributed by atoms with Crippen molar-refractivity contribution >= 4 is 11.8 Å². The van der Waals surface area contributed by atoms with Crippen molar-refractivity contribution in [1.29, 1.82) is 0 Å². The molecule has 2 amide bonds. The van der Waals surface area contributed by atoms with Gasteiger partial charge in [0.15, 0.2) is 0 Å². The zero-order valence-corrected chi connectivity index (χ0v) is 15.4. The zero-order valence-electron chi connectivity index (χ0n) is 15.4. The van der Waals surface area contributed by atoms with E-state index in [0.717, 1.165) is 38.1 Å². The lowest BCUT2D eigenvalue weighted by atomic mass is 10.2. The number of furan rings is 1. The van der Waals surface area contributed by atoms with E-state index in [-0.39, 0.29) is 24.5 Å². The van der Waals surface area contributed by atoms with Crippen LogP contribution in [0.15, 0.2) is 22.8 Å². The van der Waals surface area contributed by atoms with E-state index in [2.05, 4.69) is 0 Å². The lowest BCUT2D eigenvalue weighted by molar-refractivity contribution is -0.142. The number of nitrogens with zero attached hydrogens (tertiary/aromatic N) is 2. The highest BCUT2D eigenvalue weighted by Crippen LogP contribution is 2.16. The Hall–Kier alpha value is -1.82. The highest BCUT2D eigenvalue weighted by atomic mass is 16.5. The SMILES string of the molecule is CCCC(=O)N(CCC)CC(=O)N(Cc1ccco1)C[C@@H]1CCCO1. The van der Waals surface area contributed by atoms with Crippen LogP contribution in [-0.2, 0) is 20.9 Å². The van der Waals surface area contributed by atoms with Gasteiger partial charge in [-0.15, -0.1) is 0 Å². The number of ether oxygens (including phenoxy) is 1. The molecule has 1 saturated heterocycles. The van der Waals surface area contributed by atoms with Gasteiger partial charge in [0.05, 0.1) is 25.5 Å².